The molecule has 0 saturated carbocycles. The molecule has 0 aliphatic rings. The van der Waals surface area contributed by atoms with E-state index in [0.717, 1.165) is 16.9 Å². The number of nitrogens with zero attached hydrogens (tertiary/aromatic N) is 6. The van der Waals surface area contributed by atoms with Crippen molar-refractivity contribution in [2.75, 3.05) is 6.61 Å². The van der Waals surface area contributed by atoms with Crippen molar-refractivity contribution in [2.45, 2.75) is 27.3 Å². The molecule has 0 amide bonds. The van der Waals surface area contributed by atoms with Crippen LogP contribution in [-0.2, 0) is 18.3 Å². The molecule has 0 atom stereocenters. The van der Waals surface area contributed by atoms with Gasteiger partial charge in [-0.2, -0.15) is 0 Å². The minimum absolute atomic E-state index is 0.0914. The standard InChI is InChI=1S/C22H20N6O4S/c1-5-32-21(31)17-12(3)16-18(33-17)23-10-27(20(16)30)9-15-24-25-22-26(4)19(29)13-8-11(2)6-7-14(13)28(15)22/h6-8,10H,5,9H2,1-4H3. The van der Waals surface area contributed by atoms with Gasteiger partial charge in [0.05, 0.1) is 35.8 Å². The second-order valence-corrected chi connectivity index (χ2v) is 8.77. The molecule has 33 heavy (non-hydrogen) atoms. The van der Waals surface area contributed by atoms with Gasteiger partial charge < -0.3 is 4.74 Å². The van der Waals surface area contributed by atoms with E-state index in [9.17, 15) is 14.4 Å². The van der Waals surface area contributed by atoms with Crippen molar-refractivity contribution in [1.29, 1.82) is 0 Å². The van der Waals surface area contributed by atoms with E-state index in [1.165, 1.54) is 15.5 Å². The van der Waals surface area contributed by atoms with Gasteiger partial charge in [-0.15, -0.1) is 21.5 Å². The molecule has 0 radical (unpaired) electrons. The minimum atomic E-state index is -0.463. The molecule has 10 nitrogen and oxygen atoms in total. The molecule has 1 aromatic carbocycles. The zero-order valence-corrected chi connectivity index (χ0v) is 19.3. The lowest BCUT2D eigenvalue weighted by Crippen LogP contribution is -2.24. The van der Waals surface area contributed by atoms with Crippen LogP contribution in [0.25, 0.3) is 26.9 Å². The Morgan fingerprint density at radius 2 is 1.94 bits per heavy atom. The lowest BCUT2D eigenvalue weighted by atomic mass is 10.1. The lowest BCUT2D eigenvalue weighted by Gasteiger charge is -2.09. The van der Waals surface area contributed by atoms with E-state index in [0.29, 0.717) is 43.2 Å². The summed E-state index contributed by atoms with van der Waals surface area (Å²) in [5.74, 6) is 0.399. The number of rotatable bonds is 4. The highest BCUT2D eigenvalue weighted by Gasteiger charge is 2.21. The lowest BCUT2D eigenvalue weighted by molar-refractivity contribution is 0.0531. The predicted molar refractivity (Wildman–Crippen MR) is 124 cm³/mol. The molecular weight excluding hydrogens is 444 g/mol. The number of thiophene rings is 1. The molecule has 0 aliphatic heterocycles. The summed E-state index contributed by atoms with van der Waals surface area (Å²) in [6.07, 6.45) is 1.44. The number of fused-ring (bicyclic) bond motifs is 4. The molecule has 11 heteroatoms. The number of carbonyl (C=O) groups excluding carboxylic acids is 1. The number of carbonyl (C=O) groups is 1. The molecule has 168 valence electrons. The van der Waals surface area contributed by atoms with E-state index < -0.39 is 5.97 Å². The van der Waals surface area contributed by atoms with E-state index in [-0.39, 0.29) is 24.3 Å². The van der Waals surface area contributed by atoms with Crippen molar-refractivity contribution in [3.05, 3.63) is 67.1 Å². The van der Waals surface area contributed by atoms with Crippen molar-refractivity contribution in [1.82, 2.24) is 28.7 Å². The third kappa shape index (κ3) is 3.15. The van der Waals surface area contributed by atoms with Crippen LogP contribution in [0.15, 0.2) is 34.1 Å². The Bertz CT molecular complexity index is 1710. The molecule has 0 unspecified atom stereocenters. The normalized spacial score (nSPS) is 11.6. The van der Waals surface area contributed by atoms with Crippen LogP contribution in [0.2, 0.25) is 0 Å². The van der Waals surface area contributed by atoms with Crippen LogP contribution in [0.1, 0.15) is 33.5 Å². The fraction of sp³-hybridized carbons (Fsp3) is 0.273. The van der Waals surface area contributed by atoms with Gasteiger partial charge in [-0.25, -0.2) is 9.78 Å². The Kier molecular flexibility index (Phi) is 4.85. The largest absolute Gasteiger partial charge is 0.462 e. The Labute approximate surface area is 190 Å². The van der Waals surface area contributed by atoms with Gasteiger partial charge in [0, 0.05) is 7.05 Å². The van der Waals surface area contributed by atoms with Gasteiger partial charge in [0.15, 0.2) is 5.82 Å². The summed E-state index contributed by atoms with van der Waals surface area (Å²) in [6.45, 7) is 5.71. The Morgan fingerprint density at radius 3 is 2.70 bits per heavy atom. The second-order valence-electron chi connectivity index (χ2n) is 7.77. The first kappa shape index (κ1) is 21.0. The molecular formula is C22H20N6O4S. The molecule has 4 aromatic heterocycles. The molecule has 0 bridgehead atoms. The quantitative estimate of drug-likeness (QED) is 0.375. The van der Waals surface area contributed by atoms with Crippen molar-refractivity contribution < 1.29 is 9.53 Å². The van der Waals surface area contributed by atoms with E-state index in [1.807, 2.05) is 25.1 Å². The van der Waals surface area contributed by atoms with E-state index >= 15 is 0 Å². The molecule has 0 saturated heterocycles. The predicted octanol–water partition coefficient (Wildman–Crippen LogP) is 2.19. The fourth-order valence-electron chi connectivity index (χ4n) is 3.98. The number of benzene rings is 1. The third-order valence-electron chi connectivity index (χ3n) is 5.63. The van der Waals surface area contributed by atoms with Gasteiger partial charge in [-0.3, -0.25) is 23.1 Å². The Balaban J connectivity index is 1.68. The fourth-order valence-corrected chi connectivity index (χ4v) is 5.01. The number of aryl methyl sites for hydroxylation is 3. The maximum Gasteiger partial charge on any atom is 0.348 e. The smallest absolute Gasteiger partial charge is 0.348 e. The van der Waals surface area contributed by atoms with Crippen molar-refractivity contribution in [2.24, 2.45) is 7.05 Å². The van der Waals surface area contributed by atoms with Crippen molar-refractivity contribution in [3.8, 4) is 0 Å². The number of esters is 1. The maximum absolute atomic E-state index is 13.3. The molecule has 5 rings (SSSR count). The van der Waals surface area contributed by atoms with Crippen LogP contribution in [0.4, 0.5) is 0 Å². The zero-order chi connectivity index (χ0) is 23.4. The average Bonchev–Trinajstić information content (AvgIpc) is 3.36. The van der Waals surface area contributed by atoms with Gasteiger partial charge in [-0.1, -0.05) is 11.6 Å². The summed E-state index contributed by atoms with van der Waals surface area (Å²) < 4.78 is 9.74. The van der Waals surface area contributed by atoms with Crippen molar-refractivity contribution >= 4 is 44.2 Å². The highest BCUT2D eigenvalue weighted by atomic mass is 32.1. The molecule has 4 heterocycles. The topological polar surface area (TPSA) is 113 Å². The first-order valence-electron chi connectivity index (χ1n) is 10.3. The van der Waals surface area contributed by atoms with Crippen LogP contribution >= 0.6 is 11.3 Å². The summed E-state index contributed by atoms with van der Waals surface area (Å²) in [6, 6.07) is 5.59. The van der Waals surface area contributed by atoms with Crippen LogP contribution in [0.3, 0.4) is 0 Å². The third-order valence-corrected chi connectivity index (χ3v) is 6.81. The Morgan fingerprint density at radius 1 is 1.15 bits per heavy atom. The number of aromatic nitrogens is 6. The van der Waals surface area contributed by atoms with Crippen molar-refractivity contribution in [3.63, 3.8) is 0 Å². The number of ether oxygens (including phenoxy) is 1. The van der Waals surface area contributed by atoms with Gasteiger partial charge in [0.25, 0.3) is 11.1 Å². The first-order valence-corrected chi connectivity index (χ1v) is 11.1. The summed E-state index contributed by atoms with van der Waals surface area (Å²) in [5.41, 5.74) is 1.73. The molecule has 0 fully saturated rings. The van der Waals surface area contributed by atoms with Crippen LogP contribution < -0.4 is 11.1 Å². The monoisotopic (exact) mass is 464 g/mol. The number of hydrogen-bond acceptors (Lipinski definition) is 8. The zero-order valence-electron chi connectivity index (χ0n) is 18.4. The number of hydrogen-bond donors (Lipinski definition) is 0. The molecule has 0 N–H and O–H groups in total. The van der Waals surface area contributed by atoms with E-state index in [1.54, 1.807) is 25.3 Å². The van der Waals surface area contributed by atoms with Gasteiger partial charge in [0.1, 0.15) is 9.71 Å². The Hall–Kier alpha value is -3.86. The molecule has 0 aliphatic carbocycles. The van der Waals surface area contributed by atoms with E-state index in [4.69, 9.17) is 4.74 Å². The summed E-state index contributed by atoms with van der Waals surface area (Å²) in [7, 11) is 1.64. The summed E-state index contributed by atoms with van der Waals surface area (Å²) in [4.78, 5) is 43.6. The SMILES string of the molecule is CCOC(=O)c1sc2ncn(Cc3nnc4n(C)c(=O)c5cc(C)ccc5n34)c(=O)c2c1C. The maximum atomic E-state index is 13.3. The summed E-state index contributed by atoms with van der Waals surface area (Å²) in [5, 5.41) is 9.37. The van der Waals surface area contributed by atoms with Gasteiger partial charge in [-0.05, 0) is 38.5 Å². The summed E-state index contributed by atoms with van der Waals surface area (Å²) >= 11 is 1.14. The van der Waals surface area contributed by atoms with Crippen LogP contribution in [0.5, 0.6) is 0 Å². The van der Waals surface area contributed by atoms with Crippen LogP contribution in [-0.4, -0.2) is 41.3 Å². The second kappa shape index (κ2) is 7.62. The van der Waals surface area contributed by atoms with Crippen LogP contribution in [0, 0.1) is 13.8 Å². The highest BCUT2D eigenvalue weighted by molar-refractivity contribution is 7.20. The molecule has 0 spiro atoms. The first-order chi connectivity index (χ1) is 15.8. The molecule has 5 aromatic rings. The average molecular weight is 465 g/mol. The van der Waals surface area contributed by atoms with Gasteiger partial charge >= 0.3 is 5.97 Å². The van der Waals surface area contributed by atoms with Gasteiger partial charge in [0.2, 0.25) is 5.78 Å². The van der Waals surface area contributed by atoms with E-state index in [2.05, 4.69) is 15.2 Å². The minimum Gasteiger partial charge on any atom is -0.462 e. The highest BCUT2D eigenvalue weighted by Crippen LogP contribution is 2.27.